The van der Waals surface area contributed by atoms with E-state index in [9.17, 15) is 0 Å². The normalized spacial score (nSPS) is 11.5. The van der Waals surface area contributed by atoms with E-state index in [0.717, 1.165) is 72.0 Å². The molecule has 3 heterocycles. The molecule has 3 aromatic heterocycles. The molecule has 11 rings (SSSR count). The van der Waals surface area contributed by atoms with Crippen LogP contribution in [0.4, 0.5) is 17.1 Å². The summed E-state index contributed by atoms with van der Waals surface area (Å²) in [6.07, 6.45) is 3.75. The van der Waals surface area contributed by atoms with Gasteiger partial charge in [-0.15, -0.1) is 0 Å². The summed E-state index contributed by atoms with van der Waals surface area (Å²) in [6.45, 7) is 0. The van der Waals surface area contributed by atoms with Gasteiger partial charge in [-0.1, -0.05) is 140 Å². The van der Waals surface area contributed by atoms with Crippen molar-refractivity contribution in [2.75, 3.05) is 4.90 Å². The van der Waals surface area contributed by atoms with Gasteiger partial charge in [0.05, 0.1) is 22.2 Å². The summed E-state index contributed by atoms with van der Waals surface area (Å²) in [5.74, 6) is 0. The molecule has 266 valence electrons. The number of anilines is 3. The van der Waals surface area contributed by atoms with Gasteiger partial charge < -0.3 is 4.90 Å². The Morgan fingerprint density at radius 2 is 0.947 bits per heavy atom. The van der Waals surface area contributed by atoms with Crippen LogP contribution in [0.3, 0.4) is 0 Å². The summed E-state index contributed by atoms with van der Waals surface area (Å²) < 4.78 is 0. The molecule has 57 heavy (non-hydrogen) atoms. The van der Waals surface area contributed by atoms with E-state index in [-0.39, 0.29) is 0 Å². The molecule has 0 aliphatic rings. The SMILES string of the molecule is c1ccc(-c2ccc(N(c3ccccc3)c3ccc(-c4nc5ccccc5c5c4ccc4c(-c6ccnc7c6ccc6cccnc67)cccc45)cc3)cc2)cc1. The minimum Gasteiger partial charge on any atom is -0.311 e. The molecule has 0 aliphatic heterocycles. The summed E-state index contributed by atoms with van der Waals surface area (Å²) in [4.78, 5) is 17.1. The zero-order valence-electron chi connectivity index (χ0n) is 30.9. The highest BCUT2D eigenvalue weighted by atomic mass is 15.1. The maximum absolute atomic E-state index is 5.33. The molecule has 4 nitrogen and oxygen atoms in total. The molecule has 0 bridgehead atoms. The zero-order chi connectivity index (χ0) is 37.7. The number of para-hydroxylation sites is 2. The summed E-state index contributed by atoms with van der Waals surface area (Å²) >= 11 is 0. The van der Waals surface area contributed by atoms with Crippen LogP contribution in [-0.2, 0) is 0 Å². The first-order valence-corrected chi connectivity index (χ1v) is 19.3. The number of hydrogen-bond acceptors (Lipinski definition) is 4. The van der Waals surface area contributed by atoms with Crippen LogP contribution < -0.4 is 4.90 Å². The Hall–Kier alpha value is -7.69. The van der Waals surface area contributed by atoms with Gasteiger partial charge in [0.1, 0.15) is 0 Å². The predicted octanol–water partition coefficient (Wildman–Crippen LogP) is 14.1. The van der Waals surface area contributed by atoms with Crippen molar-refractivity contribution >= 4 is 71.3 Å². The summed E-state index contributed by atoms with van der Waals surface area (Å²) in [5, 5.41) is 8.02. The molecule has 4 heteroatoms. The van der Waals surface area contributed by atoms with Gasteiger partial charge in [-0.05, 0) is 87.6 Å². The van der Waals surface area contributed by atoms with Gasteiger partial charge in [0.25, 0.3) is 0 Å². The maximum Gasteiger partial charge on any atom is 0.0970 e. The second-order valence-corrected chi connectivity index (χ2v) is 14.4. The lowest BCUT2D eigenvalue weighted by Gasteiger charge is -2.26. The average molecular weight is 727 g/mol. The third-order valence-corrected chi connectivity index (χ3v) is 11.1. The van der Waals surface area contributed by atoms with Crippen molar-refractivity contribution in [1.82, 2.24) is 15.0 Å². The largest absolute Gasteiger partial charge is 0.311 e. The molecule has 0 fully saturated rings. The maximum atomic E-state index is 5.33. The fourth-order valence-corrected chi connectivity index (χ4v) is 8.48. The van der Waals surface area contributed by atoms with E-state index >= 15 is 0 Å². The molecule has 8 aromatic carbocycles. The molecule has 0 unspecified atom stereocenters. The Kier molecular flexibility index (Phi) is 7.78. The summed E-state index contributed by atoms with van der Waals surface area (Å²) in [6, 6.07) is 68.9. The van der Waals surface area contributed by atoms with Crippen LogP contribution in [0.15, 0.2) is 207 Å². The number of aromatic nitrogens is 3. The van der Waals surface area contributed by atoms with Gasteiger partial charge in [-0.25, -0.2) is 4.98 Å². The van der Waals surface area contributed by atoms with Crippen LogP contribution in [0.2, 0.25) is 0 Å². The second kappa shape index (κ2) is 13.6. The highest BCUT2D eigenvalue weighted by Gasteiger charge is 2.18. The number of nitrogens with zero attached hydrogens (tertiary/aromatic N) is 4. The van der Waals surface area contributed by atoms with Gasteiger partial charge in [0.2, 0.25) is 0 Å². The molecule has 0 saturated heterocycles. The minimum absolute atomic E-state index is 0.916. The van der Waals surface area contributed by atoms with Crippen LogP contribution in [0.5, 0.6) is 0 Å². The fraction of sp³-hybridized carbons (Fsp3) is 0. The van der Waals surface area contributed by atoms with E-state index < -0.39 is 0 Å². The Balaban J connectivity index is 1.05. The van der Waals surface area contributed by atoms with Crippen molar-refractivity contribution in [2.24, 2.45) is 0 Å². The quantitative estimate of drug-likeness (QED) is 0.160. The molecule has 0 amide bonds. The molecule has 0 saturated carbocycles. The molecule has 11 aromatic rings. The molecule has 0 spiro atoms. The highest BCUT2D eigenvalue weighted by Crippen LogP contribution is 2.42. The minimum atomic E-state index is 0.916. The molecule has 0 atom stereocenters. The molecular weight excluding hydrogens is 693 g/mol. The lowest BCUT2D eigenvalue weighted by Crippen LogP contribution is -2.09. The predicted molar refractivity (Wildman–Crippen MR) is 238 cm³/mol. The zero-order valence-corrected chi connectivity index (χ0v) is 30.9. The molecule has 0 aliphatic carbocycles. The first-order valence-electron chi connectivity index (χ1n) is 19.3. The van der Waals surface area contributed by atoms with E-state index in [1.165, 1.54) is 32.8 Å². The Morgan fingerprint density at radius 3 is 1.75 bits per heavy atom. The smallest absolute Gasteiger partial charge is 0.0970 e. The lowest BCUT2D eigenvalue weighted by molar-refractivity contribution is 1.28. The summed E-state index contributed by atoms with van der Waals surface area (Å²) in [7, 11) is 0. The van der Waals surface area contributed by atoms with Crippen molar-refractivity contribution in [3.63, 3.8) is 0 Å². The van der Waals surface area contributed by atoms with Crippen LogP contribution >= 0.6 is 0 Å². The number of rotatable bonds is 6. The standard InChI is InChI=1S/C53H34N4/c1-3-11-35(12-4-1)36-20-25-40(26-21-36)57(39-14-5-2-6-15-39)41-27-22-38(23-28-41)51-48-31-30-43-42(17-9-18-45(43)50(48)47-16-7-8-19-49(47)56-51)44-32-34-55-53-46(44)29-24-37-13-10-33-54-52(37)53/h1-34H. The third-order valence-electron chi connectivity index (χ3n) is 11.1. The van der Waals surface area contributed by atoms with Gasteiger partial charge in [-0.3, -0.25) is 9.97 Å². The Labute approximate surface area is 330 Å². The van der Waals surface area contributed by atoms with Crippen LogP contribution in [0, 0.1) is 0 Å². The van der Waals surface area contributed by atoms with E-state index in [1.807, 2.05) is 18.5 Å². The van der Waals surface area contributed by atoms with Gasteiger partial charge >= 0.3 is 0 Å². The van der Waals surface area contributed by atoms with E-state index in [1.54, 1.807) is 0 Å². The molecule has 0 radical (unpaired) electrons. The number of pyridine rings is 3. The number of hydrogen-bond donors (Lipinski definition) is 0. The monoisotopic (exact) mass is 726 g/mol. The lowest BCUT2D eigenvalue weighted by atomic mass is 9.90. The van der Waals surface area contributed by atoms with E-state index in [2.05, 4.69) is 193 Å². The number of benzene rings is 8. The van der Waals surface area contributed by atoms with Crippen LogP contribution in [-0.4, -0.2) is 15.0 Å². The van der Waals surface area contributed by atoms with Gasteiger partial charge in [-0.2, -0.15) is 0 Å². The topological polar surface area (TPSA) is 41.9 Å². The van der Waals surface area contributed by atoms with E-state index in [4.69, 9.17) is 15.0 Å². The van der Waals surface area contributed by atoms with Crippen molar-refractivity contribution in [3.8, 4) is 33.5 Å². The van der Waals surface area contributed by atoms with Crippen molar-refractivity contribution in [3.05, 3.63) is 207 Å². The van der Waals surface area contributed by atoms with Crippen molar-refractivity contribution in [2.45, 2.75) is 0 Å². The van der Waals surface area contributed by atoms with Crippen LogP contribution in [0.1, 0.15) is 0 Å². The van der Waals surface area contributed by atoms with Gasteiger partial charge in [0.15, 0.2) is 0 Å². The van der Waals surface area contributed by atoms with Crippen molar-refractivity contribution in [1.29, 1.82) is 0 Å². The average Bonchev–Trinajstić information content (AvgIpc) is 3.29. The Bertz CT molecular complexity index is 3270. The fourth-order valence-electron chi connectivity index (χ4n) is 8.48. The summed E-state index contributed by atoms with van der Waals surface area (Å²) in [5.41, 5.74) is 12.8. The van der Waals surface area contributed by atoms with E-state index in [0.29, 0.717) is 0 Å². The first kappa shape index (κ1) is 32.7. The third kappa shape index (κ3) is 5.58. The first-order chi connectivity index (χ1) is 28.3. The second-order valence-electron chi connectivity index (χ2n) is 14.4. The Morgan fingerprint density at radius 1 is 0.333 bits per heavy atom. The molecule has 0 N–H and O–H groups in total. The highest BCUT2D eigenvalue weighted by molar-refractivity contribution is 6.25. The molecular formula is C53H34N4. The van der Waals surface area contributed by atoms with Crippen molar-refractivity contribution < 1.29 is 0 Å². The number of fused-ring (bicyclic) bond motifs is 8. The van der Waals surface area contributed by atoms with Gasteiger partial charge in [0, 0.05) is 62.0 Å². The van der Waals surface area contributed by atoms with Crippen LogP contribution in [0.25, 0.3) is 87.8 Å².